The minimum atomic E-state index is -0.267. The lowest BCUT2D eigenvalue weighted by Gasteiger charge is -2.19. The Kier molecular flexibility index (Phi) is 4.53. The zero-order valence-corrected chi connectivity index (χ0v) is 10.5. The van der Waals surface area contributed by atoms with Gasteiger partial charge < -0.3 is 10.0 Å². The minimum absolute atomic E-state index is 0.267. The van der Waals surface area contributed by atoms with Gasteiger partial charge in [0.2, 0.25) is 0 Å². The van der Waals surface area contributed by atoms with Crippen LogP contribution in [0, 0.1) is 3.57 Å². The molecule has 1 atom stereocenters. The summed E-state index contributed by atoms with van der Waals surface area (Å²) in [6.45, 7) is 2.59. The van der Waals surface area contributed by atoms with E-state index in [4.69, 9.17) is 5.11 Å². The summed E-state index contributed by atoms with van der Waals surface area (Å²) in [6.07, 6.45) is 3.80. The van der Waals surface area contributed by atoms with Gasteiger partial charge in [-0.05, 0) is 35.9 Å². The molecule has 0 amide bonds. The zero-order chi connectivity index (χ0) is 10.6. The molecular formula is C9H14IN3O. The van der Waals surface area contributed by atoms with Crippen molar-refractivity contribution in [2.24, 2.45) is 0 Å². The SMILES string of the molecule is CC(O)CCN(C)c1ncncc1I. The number of aliphatic hydroxyl groups excluding tert-OH is 1. The molecule has 1 N–H and O–H groups in total. The van der Waals surface area contributed by atoms with Crippen molar-refractivity contribution in [2.75, 3.05) is 18.5 Å². The molecule has 0 saturated heterocycles. The first kappa shape index (κ1) is 11.6. The summed E-state index contributed by atoms with van der Waals surface area (Å²) < 4.78 is 1.03. The van der Waals surface area contributed by atoms with E-state index in [0.29, 0.717) is 0 Å². The molecule has 78 valence electrons. The van der Waals surface area contributed by atoms with Crippen molar-refractivity contribution in [3.63, 3.8) is 0 Å². The van der Waals surface area contributed by atoms with E-state index < -0.39 is 0 Å². The highest BCUT2D eigenvalue weighted by molar-refractivity contribution is 14.1. The molecular weight excluding hydrogens is 293 g/mol. The quantitative estimate of drug-likeness (QED) is 0.852. The van der Waals surface area contributed by atoms with Crippen molar-refractivity contribution < 1.29 is 5.11 Å². The smallest absolute Gasteiger partial charge is 0.145 e. The largest absolute Gasteiger partial charge is 0.393 e. The Morgan fingerprint density at radius 3 is 2.93 bits per heavy atom. The molecule has 0 aliphatic rings. The fourth-order valence-corrected chi connectivity index (χ4v) is 1.79. The lowest BCUT2D eigenvalue weighted by atomic mass is 10.3. The molecule has 0 fully saturated rings. The van der Waals surface area contributed by atoms with Crippen LogP contribution in [0.3, 0.4) is 0 Å². The molecule has 1 heterocycles. The third kappa shape index (κ3) is 3.38. The molecule has 5 heteroatoms. The van der Waals surface area contributed by atoms with Gasteiger partial charge in [-0.2, -0.15) is 0 Å². The van der Waals surface area contributed by atoms with Crippen LogP contribution in [0.1, 0.15) is 13.3 Å². The van der Waals surface area contributed by atoms with Gasteiger partial charge in [0, 0.05) is 19.8 Å². The number of nitrogens with zero attached hydrogens (tertiary/aromatic N) is 3. The van der Waals surface area contributed by atoms with Crippen molar-refractivity contribution in [1.82, 2.24) is 9.97 Å². The topological polar surface area (TPSA) is 49.2 Å². The van der Waals surface area contributed by atoms with E-state index in [2.05, 4.69) is 32.6 Å². The monoisotopic (exact) mass is 307 g/mol. The lowest BCUT2D eigenvalue weighted by Crippen LogP contribution is -2.23. The molecule has 4 nitrogen and oxygen atoms in total. The summed E-state index contributed by atoms with van der Waals surface area (Å²) in [6, 6.07) is 0. The number of aliphatic hydroxyl groups is 1. The Labute approximate surface area is 97.5 Å². The number of hydrogen-bond acceptors (Lipinski definition) is 4. The van der Waals surface area contributed by atoms with E-state index in [9.17, 15) is 0 Å². The summed E-state index contributed by atoms with van der Waals surface area (Å²) in [5, 5.41) is 9.16. The van der Waals surface area contributed by atoms with Crippen LogP contribution in [0.25, 0.3) is 0 Å². The molecule has 0 bridgehead atoms. The summed E-state index contributed by atoms with van der Waals surface area (Å²) in [5.41, 5.74) is 0. The number of rotatable bonds is 4. The molecule has 0 aliphatic carbocycles. The van der Waals surface area contributed by atoms with Crippen LogP contribution in [0.4, 0.5) is 5.82 Å². The number of anilines is 1. The fraction of sp³-hybridized carbons (Fsp3) is 0.556. The second kappa shape index (κ2) is 5.45. The van der Waals surface area contributed by atoms with Crippen LogP contribution in [-0.2, 0) is 0 Å². The predicted octanol–water partition coefficient (Wildman–Crippen LogP) is 1.29. The molecule has 0 radical (unpaired) electrons. The van der Waals surface area contributed by atoms with Crippen molar-refractivity contribution >= 4 is 28.4 Å². The Bertz CT molecular complexity index is 293. The Balaban J connectivity index is 2.60. The van der Waals surface area contributed by atoms with Gasteiger partial charge in [-0.15, -0.1) is 0 Å². The highest BCUT2D eigenvalue weighted by Gasteiger charge is 2.07. The van der Waals surface area contributed by atoms with Gasteiger partial charge in [-0.3, -0.25) is 0 Å². The first-order chi connectivity index (χ1) is 6.61. The molecule has 14 heavy (non-hydrogen) atoms. The van der Waals surface area contributed by atoms with Crippen LogP contribution in [0.2, 0.25) is 0 Å². The van der Waals surface area contributed by atoms with E-state index in [-0.39, 0.29) is 6.10 Å². The van der Waals surface area contributed by atoms with Crippen molar-refractivity contribution in [2.45, 2.75) is 19.4 Å². The Morgan fingerprint density at radius 2 is 2.36 bits per heavy atom. The van der Waals surface area contributed by atoms with Gasteiger partial charge in [0.05, 0.1) is 9.67 Å². The summed E-state index contributed by atoms with van der Waals surface area (Å²) in [4.78, 5) is 10.1. The molecule has 1 unspecified atom stereocenters. The zero-order valence-electron chi connectivity index (χ0n) is 8.31. The van der Waals surface area contributed by atoms with Crippen LogP contribution >= 0.6 is 22.6 Å². The highest BCUT2D eigenvalue weighted by Crippen LogP contribution is 2.16. The number of hydrogen-bond donors (Lipinski definition) is 1. The van der Waals surface area contributed by atoms with E-state index in [1.807, 2.05) is 11.9 Å². The second-order valence-corrected chi connectivity index (χ2v) is 4.42. The first-order valence-corrected chi connectivity index (χ1v) is 5.54. The molecule has 0 spiro atoms. The van der Waals surface area contributed by atoms with Gasteiger partial charge in [0.1, 0.15) is 12.1 Å². The third-order valence-corrected chi connectivity index (χ3v) is 2.65. The molecule has 1 aromatic rings. The molecule has 0 saturated carbocycles. The van der Waals surface area contributed by atoms with Crippen molar-refractivity contribution in [3.05, 3.63) is 16.1 Å². The molecule has 0 aromatic carbocycles. The van der Waals surface area contributed by atoms with E-state index >= 15 is 0 Å². The molecule has 1 rings (SSSR count). The van der Waals surface area contributed by atoms with E-state index in [1.165, 1.54) is 6.33 Å². The Morgan fingerprint density at radius 1 is 1.64 bits per heavy atom. The standard InChI is InChI=1S/C9H14IN3O/c1-7(14)3-4-13(2)9-8(10)5-11-6-12-9/h5-7,14H,3-4H2,1-2H3. The van der Waals surface area contributed by atoms with Gasteiger partial charge in [-0.1, -0.05) is 0 Å². The van der Waals surface area contributed by atoms with Gasteiger partial charge in [0.15, 0.2) is 0 Å². The predicted molar refractivity (Wildman–Crippen MR) is 64.3 cm³/mol. The normalized spacial score (nSPS) is 12.6. The Hall–Kier alpha value is -0.430. The molecule has 0 aliphatic heterocycles. The average Bonchev–Trinajstić information content (AvgIpc) is 2.15. The number of halogens is 1. The third-order valence-electron chi connectivity index (χ3n) is 1.89. The maximum Gasteiger partial charge on any atom is 0.145 e. The minimum Gasteiger partial charge on any atom is -0.393 e. The van der Waals surface area contributed by atoms with Crippen LogP contribution in [-0.4, -0.2) is 34.8 Å². The van der Waals surface area contributed by atoms with E-state index in [0.717, 1.165) is 22.4 Å². The molecule has 1 aromatic heterocycles. The van der Waals surface area contributed by atoms with Gasteiger partial charge in [0.25, 0.3) is 0 Å². The number of aromatic nitrogens is 2. The van der Waals surface area contributed by atoms with Crippen molar-refractivity contribution in [3.8, 4) is 0 Å². The van der Waals surface area contributed by atoms with Crippen molar-refractivity contribution in [1.29, 1.82) is 0 Å². The summed E-state index contributed by atoms with van der Waals surface area (Å²) >= 11 is 2.20. The van der Waals surface area contributed by atoms with Gasteiger partial charge >= 0.3 is 0 Å². The van der Waals surface area contributed by atoms with E-state index in [1.54, 1.807) is 13.1 Å². The second-order valence-electron chi connectivity index (χ2n) is 3.25. The summed E-state index contributed by atoms with van der Waals surface area (Å²) in [7, 11) is 1.97. The summed E-state index contributed by atoms with van der Waals surface area (Å²) in [5.74, 6) is 0.918. The fourth-order valence-electron chi connectivity index (χ4n) is 1.07. The average molecular weight is 307 g/mol. The van der Waals surface area contributed by atoms with Crippen LogP contribution in [0.5, 0.6) is 0 Å². The van der Waals surface area contributed by atoms with Gasteiger partial charge in [-0.25, -0.2) is 9.97 Å². The lowest BCUT2D eigenvalue weighted by molar-refractivity contribution is 0.187. The maximum absolute atomic E-state index is 9.16. The maximum atomic E-state index is 9.16. The van der Waals surface area contributed by atoms with Crippen LogP contribution < -0.4 is 4.90 Å². The van der Waals surface area contributed by atoms with Crippen LogP contribution in [0.15, 0.2) is 12.5 Å². The highest BCUT2D eigenvalue weighted by atomic mass is 127. The first-order valence-electron chi connectivity index (χ1n) is 4.46.